The van der Waals surface area contributed by atoms with Crippen LogP contribution in [0, 0.1) is 5.92 Å². The van der Waals surface area contributed by atoms with E-state index in [1.807, 2.05) is 6.92 Å². The van der Waals surface area contributed by atoms with Crippen LogP contribution in [0.15, 0.2) is 0 Å². The molecule has 16 heavy (non-hydrogen) atoms. The van der Waals surface area contributed by atoms with Gasteiger partial charge in [-0.1, -0.05) is 6.92 Å². The number of carbonyl (C=O) groups excluding carboxylic acids is 3. The zero-order chi connectivity index (χ0) is 12.0. The maximum atomic E-state index is 11.5. The third-order valence-electron chi connectivity index (χ3n) is 2.06. The Morgan fingerprint density at radius 2 is 2.06 bits per heavy atom. The second kappa shape index (κ2) is 6.27. The fourth-order valence-corrected chi connectivity index (χ4v) is 1.20. The molecule has 0 aliphatic carbocycles. The Labute approximate surface area is 93.9 Å². The highest BCUT2D eigenvalue weighted by atomic mass is 16.6. The number of nitrogens with one attached hydrogen (secondary N) is 1. The first-order chi connectivity index (χ1) is 7.63. The molecular formula is C9H13BNO5. The van der Waals surface area contributed by atoms with E-state index < -0.39 is 18.0 Å². The lowest BCUT2D eigenvalue weighted by Gasteiger charge is -2.13. The van der Waals surface area contributed by atoms with Gasteiger partial charge in [-0.25, -0.2) is 0 Å². The quantitative estimate of drug-likeness (QED) is 0.373. The summed E-state index contributed by atoms with van der Waals surface area (Å²) in [4.78, 5) is 32.9. The van der Waals surface area contributed by atoms with Gasteiger partial charge in [-0.3, -0.25) is 9.59 Å². The lowest BCUT2D eigenvalue weighted by Crippen LogP contribution is -2.42. The van der Waals surface area contributed by atoms with Gasteiger partial charge in [0.1, 0.15) is 6.04 Å². The van der Waals surface area contributed by atoms with Gasteiger partial charge in [0.25, 0.3) is 7.41 Å². The van der Waals surface area contributed by atoms with Gasteiger partial charge in [0.15, 0.2) is 0 Å². The second-order valence-corrected chi connectivity index (χ2v) is 3.64. The lowest BCUT2D eigenvalue weighted by molar-refractivity contribution is -0.149. The van der Waals surface area contributed by atoms with Gasteiger partial charge in [0.05, 0.1) is 25.8 Å². The molecule has 1 aliphatic rings. The molecule has 1 fully saturated rings. The third kappa shape index (κ3) is 4.02. The number of carbonyl (C=O) groups is 3. The zero-order valence-corrected chi connectivity index (χ0v) is 8.97. The minimum absolute atomic E-state index is 0.0262. The van der Waals surface area contributed by atoms with Crippen LogP contribution in [-0.4, -0.2) is 44.8 Å². The molecule has 6 nitrogen and oxygen atoms in total. The Hall–Kier alpha value is -1.37. The normalized spacial score (nSPS) is 26.8. The molecule has 0 aromatic rings. The maximum Gasteiger partial charge on any atom is 0.322 e. The predicted molar refractivity (Wildman–Crippen MR) is 55.1 cm³/mol. The minimum Gasteiger partial charge on any atom is -0.465 e. The number of hydrogen-bond donors (Lipinski definition) is 1. The average Bonchev–Trinajstić information content (AvgIpc) is 2.32. The lowest BCUT2D eigenvalue weighted by atomic mass is 9.96. The molecule has 1 heterocycles. The summed E-state index contributed by atoms with van der Waals surface area (Å²) in [6.07, 6.45) is 0.351. The van der Waals surface area contributed by atoms with Gasteiger partial charge in [-0.15, -0.1) is 0 Å². The Balaban J connectivity index is 2.61. The topological polar surface area (TPSA) is 81.7 Å². The van der Waals surface area contributed by atoms with Crippen molar-refractivity contribution >= 4 is 25.5 Å². The van der Waals surface area contributed by atoms with E-state index in [1.54, 1.807) is 0 Å². The third-order valence-corrected chi connectivity index (χ3v) is 2.06. The fourth-order valence-electron chi connectivity index (χ4n) is 1.20. The molecule has 1 aliphatic heterocycles. The minimum atomic E-state index is -0.858. The molecule has 87 valence electrons. The highest BCUT2D eigenvalue weighted by Crippen LogP contribution is 2.06. The molecule has 0 bridgehead atoms. The zero-order valence-electron chi connectivity index (χ0n) is 8.97. The van der Waals surface area contributed by atoms with E-state index in [2.05, 4.69) is 5.23 Å². The van der Waals surface area contributed by atoms with Crippen molar-refractivity contribution in [1.29, 1.82) is 0 Å². The summed E-state index contributed by atoms with van der Waals surface area (Å²) in [5.41, 5.74) is 0. The molecule has 1 saturated heterocycles. The first-order valence-electron chi connectivity index (χ1n) is 4.98. The van der Waals surface area contributed by atoms with Crippen molar-refractivity contribution in [3.63, 3.8) is 0 Å². The van der Waals surface area contributed by atoms with Crippen LogP contribution in [0.5, 0.6) is 0 Å². The van der Waals surface area contributed by atoms with E-state index in [4.69, 9.17) is 9.47 Å². The number of rotatable bonds is 3. The summed E-state index contributed by atoms with van der Waals surface area (Å²) in [5, 5.41) is 2.49. The van der Waals surface area contributed by atoms with Crippen molar-refractivity contribution in [2.45, 2.75) is 19.4 Å². The smallest absolute Gasteiger partial charge is 0.322 e. The summed E-state index contributed by atoms with van der Waals surface area (Å²) in [6, 6.07) is -0.858. The highest BCUT2D eigenvalue weighted by molar-refractivity contribution is 6.64. The summed E-state index contributed by atoms with van der Waals surface area (Å²) in [7, 11) is 1.06. The monoisotopic (exact) mass is 226 g/mol. The Kier molecular flexibility index (Phi) is 4.98. The Morgan fingerprint density at radius 3 is 2.75 bits per heavy atom. The van der Waals surface area contributed by atoms with Crippen LogP contribution >= 0.6 is 0 Å². The van der Waals surface area contributed by atoms with Crippen molar-refractivity contribution in [3.8, 4) is 0 Å². The summed E-state index contributed by atoms with van der Waals surface area (Å²) in [5.74, 6) is -1.06. The van der Waals surface area contributed by atoms with Gasteiger partial charge in [0.2, 0.25) is 0 Å². The van der Waals surface area contributed by atoms with Crippen molar-refractivity contribution < 1.29 is 23.9 Å². The number of hydrogen-bond acceptors (Lipinski definition) is 6. The molecule has 2 atom stereocenters. The molecule has 1 N–H and O–H groups in total. The molecule has 0 amide bonds. The van der Waals surface area contributed by atoms with Gasteiger partial charge >= 0.3 is 11.9 Å². The Bertz CT molecular complexity index is 283. The standard InChI is InChI=1S/C9H13BNO5/c1-6-3-15-8(13)2-7(11-10-5-12)9(14)16-4-6/h5-7,11H,2-4H2,1H3. The van der Waals surface area contributed by atoms with E-state index in [1.165, 1.54) is 0 Å². The summed E-state index contributed by atoms with van der Waals surface area (Å²) < 4.78 is 9.88. The number of ether oxygens (including phenoxy) is 2. The molecule has 0 spiro atoms. The highest BCUT2D eigenvalue weighted by Gasteiger charge is 2.26. The number of cyclic esters (lactones) is 2. The molecule has 1 radical (unpaired) electrons. The SMILES string of the molecule is CC1COC(=O)CC(N[B]C=O)C(=O)OC1. The van der Waals surface area contributed by atoms with Crippen LogP contribution < -0.4 is 5.23 Å². The van der Waals surface area contributed by atoms with Crippen LogP contribution in [-0.2, 0) is 23.9 Å². The van der Waals surface area contributed by atoms with Crippen LogP contribution in [0.1, 0.15) is 13.3 Å². The molecule has 2 unspecified atom stereocenters. The molecule has 7 heteroatoms. The molecule has 1 rings (SSSR count). The summed E-state index contributed by atoms with van der Waals surface area (Å²) >= 11 is 0. The van der Waals surface area contributed by atoms with Crippen LogP contribution in [0.25, 0.3) is 0 Å². The van der Waals surface area contributed by atoms with Crippen molar-refractivity contribution in [2.24, 2.45) is 5.92 Å². The second-order valence-electron chi connectivity index (χ2n) is 3.64. The Morgan fingerprint density at radius 1 is 1.38 bits per heavy atom. The van der Waals surface area contributed by atoms with E-state index in [0.717, 1.165) is 7.41 Å². The molecule has 0 aromatic carbocycles. The van der Waals surface area contributed by atoms with Crippen LogP contribution in [0.2, 0.25) is 0 Å². The van der Waals surface area contributed by atoms with Crippen molar-refractivity contribution in [3.05, 3.63) is 0 Å². The number of esters is 2. The van der Waals surface area contributed by atoms with Gasteiger partial charge in [0, 0.05) is 5.92 Å². The van der Waals surface area contributed by atoms with E-state index in [9.17, 15) is 14.4 Å². The first-order valence-corrected chi connectivity index (χ1v) is 4.98. The largest absolute Gasteiger partial charge is 0.465 e. The summed E-state index contributed by atoms with van der Waals surface area (Å²) in [6.45, 7) is 2.24. The van der Waals surface area contributed by atoms with E-state index >= 15 is 0 Å². The van der Waals surface area contributed by atoms with Crippen LogP contribution in [0.4, 0.5) is 0 Å². The van der Waals surface area contributed by atoms with Gasteiger partial charge in [-0.05, 0) is 0 Å². The first kappa shape index (κ1) is 12.7. The van der Waals surface area contributed by atoms with Gasteiger partial charge < -0.3 is 19.5 Å². The van der Waals surface area contributed by atoms with E-state index in [0.29, 0.717) is 6.19 Å². The van der Waals surface area contributed by atoms with Crippen LogP contribution in [0.3, 0.4) is 0 Å². The predicted octanol–water partition coefficient (Wildman–Crippen LogP) is -1.12. The molecule has 0 aromatic heterocycles. The fraction of sp³-hybridized carbons (Fsp3) is 0.667. The molecular weight excluding hydrogens is 213 g/mol. The van der Waals surface area contributed by atoms with Crippen molar-refractivity contribution in [2.75, 3.05) is 13.2 Å². The van der Waals surface area contributed by atoms with E-state index in [-0.39, 0.29) is 25.6 Å². The van der Waals surface area contributed by atoms with Gasteiger partial charge in [-0.2, -0.15) is 0 Å². The maximum absolute atomic E-state index is 11.5. The van der Waals surface area contributed by atoms with Crippen molar-refractivity contribution in [1.82, 2.24) is 5.23 Å². The average molecular weight is 226 g/mol. The molecule has 0 saturated carbocycles.